The van der Waals surface area contributed by atoms with Gasteiger partial charge in [0, 0.05) is 0 Å². The summed E-state index contributed by atoms with van der Waals surface area (Å²) >= 11 is 0. The Balaban J connectivity index is 2.36. The summed E-state index contributed by atoms with van der Waals surface area (Å²) < 4.78 is 44.8. The molecule has 2 aromatic carbocycles. The normalized spacial score (nSPS) is 11.6. The lowest BCUT2D eigenvalue weighted by Crippen LogP contribution is -2.16. The third-order valence-electron chi connectivity index (χ3n) is 3.54. The van der Waals surface area contributed by atoms with E-state index in [4.69, 9.17) is 9.52 Å². The van der Waals surface area contributed by atoms with E-state index in [2.05, 4.69) is 0 Å². The van der Waals surface area contributed by atoms with Gasteiger partial charge in [0.2, 0.25) is 11.2 Å². The molecule has 1 N–H and O–H groups in total. The molecule has 128 valence electrons. The molecule has 0 bridgehead atoms. The minimum atomic E-state index is -4.98. The lowest BCUT2D eigenvalue weighted by molar-refractivity contribution is -0.268. The fourth-order valence-electron chi connectivity index (χ4n) is 2.41. The van der Waals surface area contributed by atoms with Crippen molar-refractivity contribution in [2.24, 2.45) is 0 Å². The second kappa shape index (κ2) is 5.66. The number of aromatic carboxylic acids is 1. The summed E-state index contributed by atoms with van der Waals surface area (Å²) in [7, 11) is 0. The first kappa shape index (κ1) is 16.6. The first-order valence-electron chi connectivity index (χ1n) is 6.87. The third kappa shape index (κ3) is 2.93. The van der Waals surface area contributed by atoms with Crippen molar-refractivity contribution in [1.29, 1.82) is 0 Å². The van der Waals surface area contributed by atoms with Crippen LogP contribution < -0.4 is 10.5 Å². The number of hydrogen-bond acceptors (Lipinski definition) is 4. The van der Waals surface area contributed by atoms with Crippen molar-refractivity contribution in [1.82, 2.24) is 0 Å². The Kier molecular flexibility index (Phi) is 3.75. The average molecular weight is 349 g/mol. The number of carboxylic acids is 1. The van der Waals surface area contributed by atoms with Crippen LogP contribution in [-0.2, 0) is 6.18 Å². The van der Waals surface area contributed by atoms with Crippen LogP contribution in [0, 0.1) is 0 Å². The number of rotatable bonds is 2. The van der Waals surface area contributed by atoms with Gasteiger partial charge in [0.1, 0.15) is 5.58 Å². The molecular weight excluding hydrogens is 341 g/mol. The van der Waals surface area contributed by atoms with Crippen molar-refractivity contribution in [3.8, 4) is 16.9 Å². The monoisotopic (exact) mass is 349 g/mol. The third-order valence-corrected chi connectivity index (χ3v) is 3.54. The molecule has 0 atom stereocenters. The molecule has 25 heavy (non-hydrogen) atoms. The van der Waals surface area contributed by atoms with Crippen LogP contribution in [0.5, 0.6) is 5.75 Å². The van der Waals surface area contributed by atoms with Crippen LogP contribution in [0.3, 0.4) is 0 Å². The van der Waals surface area contributed by atoms with Gasteiger partial charge < -0.3 is 14.6 Å². The highest BCUT2D eigenvalue weighted by Crippen LogP contribution is 2.37. The van der Waals surface area contributed by atoms with E-state index >= 15 is 0 Å². The van der Waals surface area contributed by atoms with Gasteiger partial charge in [-0.3, -0.25) is 4.79 Å². The van der Waals surface area contributed by atoms with Crippen molar-refractivity contribution >= 4 is 16.9 Å². The quantitative estimate of drug-likeness (QED) is 0.767. The summed E-state index contributed by atoms with van der Waals surface area (Å²) in [5.74, 6) is -3.39. The van der Waals surface area contributed by atoms with Gasteiger partial charge in [-0.15, -0.1) is 5.75 Å². The maximum absolute atomic E-state index is 13.3. The Bertz CT molecular complexity index is 1030. The molecule has 1 heterocycles. The molecule has 3 rings (SSSR count). The van der Waals surface area contributed by atoms with E-state index in [0.29, 0.717) is 0 Å². The van der Waals surface area contributed by atoms with Gasteiger partial charge in [-0.25, -0.2) is 4.79 Å². The molecule has 0 fully saturated rings. The van der Waals surface area contributed by atoms with Gasteiger partial charge >= 0.3 is 12.1 Å². The number of alkyl halides is 3. The summed E-state index contributed by atoms with van der Waals surface area (Å²) in [5.41, 5.74) is -2.44. The highest BCUT2D eigenvalue weighted by molar-refractivity contribution is 5.89. The Morgan fingerprint density at radius 3 is 2.28 bits per heavy atom. The standard InChI is InChI=1S/C17H9F3O5/c18-17(19,20)15-13(8-1-3-9(4-2-8)16(23)24)14(22)11-6-5-10(21)7-12(11)25-15/h1-7,21H,(H,23,24)/p-1. The van der Waals surface area contributed by atoms with E-state index in [0.717, 1.165) is 42.5 Å². The van der Waals surface area contributed by atoms with Gasteiger partial charge in [0.05, 0.1) is 16.5 Å². The molecule has 0 unspecified atom stereocenters. The molecule has 3 aromatic rings. The maximum atomic E-state index is 13.3. The summed E-state index contributed by atoms with van der Waals surface area (Å²) in [4.78, 5) is 23.4. The van der Waals surface area contributed by atoms with Crippen molar-refractivity contribution in [2.45, 2.75) is 6.18 Å². The van der Waals surface area contributed by atoms with Crippen LogP contribution in [0.1, 0.15) is 16.1 Å². The number of hydrogen-bond donors (Lipinski definition) is 1. The second-order valence-electron chi connectivity index (χ2n) is 5.17. The predicted octanol–water partition coefficient (Wildman–Crippen LogP) is 3.25. The fourth-order valence-corrected chi connectivity index (χ4v) is 2.41. The van der Waals surface area contributed by atoms with Crippen LogP contribution in [-0.4, -0.2) is 11.1 Å². The molecule has 0 saturated heterocycles. The lowest BCUT2D eigenvalue weighted by atomic mass is 10.0. The van der Waals surface area contributed by atoms with Crippen LogP contribution in [0.2, 0.25) is 0 Å². The molecule has 5 nitrogen and oxygen atoms in total. The fraction of sp³-hybridized carbons (Fsp3) is 0.0588. The van der Waals surface area contributed by atoms with Gasteiger partial charge in [-0.2, -0.15) is 13.2 Å². The Hall–Kier alpha value is -3.29. The summed E-state index contributed by atoms with van der Waals surface area (Å²) in [6.07, 6.45) is -4.98. The molecule has 0 aliphatic carbocycles. The zero-order valence-corrected chi connectivity index (χ0v) is 12.3. The number of benzene rings is 2. The Labute approximate surface area is 137 Å². The first-order valence-corrected chi connectivity index (χ1v) is 6.87. The van der Waals surface area contributed by atoms with Gasteiger partial charge in [-0.1, -0.05) is 18.2 Å². The Morgan fingerprint density at radius 2 is 1.72 bits per heavy atom. The molecule has 1 aromatic heterocycles. The number of carboxylic acid groups (broad SMARTS) is 1. The van der Waals surface area contributed by atoms with E-state index in [1.807, 2.05) is 0 Å². The van der Waals surface area contributed by atoms with Gasteiger partial charge in [0.15, 0.2) is 0 Å². The van der Waals surface area contributed by atoms with Crippen LogP contribution >= 0.6 is 0 Å². The van der Waals surface area contributed by atoms with E-state index in [-0.39, 0.29) is 16.5 Å². The maximum Gasteiger partial charge on any atom is 0.450 e. The first-order chi connectivity index (χ1) is 11.7. The molecule has 0 amide bonds. The number of fused-ring (bicyclic) bond motifs is 1. The zero-order valence-electron chi connectivity index (χ0n) is 12.3. The molecule has 0 aliphatic rings. The summed E-state index contributed by atoms with van der Waals surface area (Å²) in [6, 6.07) is 7.31. The smallest absolute Gasteiger partial charge is 0.450 e. The minimum Gasteiger partial charge on any atom is -0.872 e. The highest BCUT2D eigenvalue weighted by atomic mass is 19.4. The number of halogens is 3. The summed E-state index contributed by atoms with van der Waals surface area (Å²) in [6.45, 7) is 0. The Morgan fingerprint density at radius 1 is 1.08 bits per heavy atom. The van der Waals surface area contributed by atoms with Crippen molar-refractivity contribution in [3.63, 3.8) is 0 Å². The highest BCUT2D eigenvalue weighted by Gasteiger charge is 2.39. The molecule has 0 aliphatic heterocycles. The van der Waals surface area contributed by atoms with E-state index in [1.54, 1.807) is 0 Å². The lowest BCUT2D eigenvalue weighted by Gasteiger charge is -2.14. The zero-order chi connectivity index (χ0) is 18.4. The number of carbonyl (C=O) groups is 1. The molecule has 0 spiro atoms. The van der Waals surface area contributed by atoms with E-state index in [1.165, 1.54) is 0 Å². The van der Waals surface area contributed by atoms with Crippen LogP contribution in [0.15, 0.2) is 51.7 Å². The predicted molar refractivity (Wildman–Crippen MR) is 79.3 cm³/mol. The van der Waals surface area contributed by atoms with Crippen LogP contribution in [0.4, 0.5) is 13.2 Å². The van der Waals surface area contributed by atoms with Crippen LogP contribution in [0.25, 0.3) is 22.1 Å². The minimum absolute atomic E-state index is 0.140. The molecule has 8 heteroatoms. The largest absolute Gasteiger partial charge is 0.872 e. The van der Waals surface area contributed by atoms with Crippen molar-refractivity contribution in [2.75, 3.05) is 0 Å². The van der Waals surface area contributed by atoms with Crippen molar-refractivity contribution < 1.29 is 32.6 Å². The van der Waals surface area contributed by atoms with E-state index < -0.39 is 40.2 Å². The molecular formula is C17H8F3O5-. The van der Waals surface area contributed by atoms with Gasteiger partial charge in [-0.05, 0) is 29.8 Å². The van der Waals surface area contributed by atoms with E-state index in [9.17, 15) is 27.9 Å². The van der Waals surface area contributed by atoms with Crippen molar-refractivity contribution in [3.05, 3.63) is 64.0 Å². The SMILES string of the molecule is O=C(O)c1ccc(-c2c(C(F)(F)F)oc3cc([O-])ccc3c2=O)cc1. The second-order valence-corrected chi connectivity index (χ2v) is 5.17. The molecule has 0 radical (unpaired) electrons. The average Bonchev–Trinajstić information content (AvgIpc) is 2.53. The van der Waals surface area contributed by atoms with Gasteiger partial charge in [0.25, 0.3) is 0 Å². The summed E-state index contributed by atoms with van der Waals surface area (Å²) in [5, 5.41) is 20.0. The topological polar surface area (TPSA) is 90.6 Å². The molecule has 0 saturated carbocycles.